The number of hydrogen-bond donors (Lipinski definition) is 3. The van der Waals surface area contributed by atoms with Crippen LogP contribution in [-0.2, 0) is 14.8 Å². The zero-order valence-corrected chi connectivity index (χ0v) is 12.8. The predicted molar refractivity (Wildman–Crippen MR) is 77.7 cm³/mol. The van der Waals surface area contributed by atoms with Gasteiger partial charge in [0.2, 0.25) is 15.9 Å². The first-order valence-corrected chi connectivity index (χ1v) is 9.30. The minimum atomic E-state index is -3.17. The van der Waals surface area contributed by atoms with E-state index in [1.807, 2.05) is 0 Å². The predicted octanol–water partition coefficient (Wildman–Crippen LogP) is -0.180. The average Bonchev–Trinajstić information content (AvgIpc) is 2.82. The van der Waals surface area contributed by atoms with Crippen molar-refractivity contribution in [3.63, 3.8) is 0 Å². The van der Waals surface area contributed by atoms with E-state index in [2.05, 4.69) is 15.4 Å². The van der Waals surface area contributed by atoms with Gasteiger partial charge >= 0.3 is 0 Å². The second kappa shape index (κ2) is 6.87. The second-order valence-corrected chi connectivity index (χ2v) is 7.76. The van der Waals surface area contributed by atoms with E-state index in [9.17, 15) is 13.2 Å². The Hall–Kier alpha value is -0.660. The molecule has 1 heterocycles. The van der Waals surface area contributed by atoms with E-state index in [0.29, 0.717) is 6.54 Å². The molecule has 1 saturated heterocycles. The summed E-state index contributed by atoms with van der Waals surface area (Å²) in [7, 11) is -3.17. The molecule has 7 heteroatoms. The quantitative estimate of drug-likeness (QED) is 0.657. The molecule has 0 bridgehead atoms. The Bertz CT molecular complexity index is 432. The summed E-state index contributed by atoms with van der Waals surface area (Å²) in [6.07, 6.45) is 6.01. The van der Waals surface area contributed by atoms with Gasteiger partial charge in [-0.1, -0.05) is 6.42 Å². The fourth-order valence-electron chi connectivity index (χ4n) is 3.16. The highest BCUT2D eigenvalue weighted by Crippen LogP contribution is 2.25. The molecule has 0 aromatic heterocycles. The zero-order chi connectivity index (χ0) is 14.6. The van der Waals surface area contributed by atoms with Gasteiger partial charge in [-0.2, -0.15) is 0 Å². The summed E-state index contributed by atoms with van der Waals surface area (Å²) >= 11 is 0. The molecule has 1 amide bonds. The van der Waals surface area contributed by atoms with Crippen molar-refractivity contribution in [1.29, 1.82) is 0 Å². The third-order valence-corrected chi connectivity index (χ3v) is 4.96. The number of hydrogen-bond acceptors (Lipinski definition) is 4. The number of amides is 1. The lowest BCUT2D eigenvalue weighted by molar-refractivity contribution is -0.125. The summed E-state index contributed by atoms with van der Waals surface area (Å²) in [5.74, 6) is 0.374. The molecule has 2 rings (SSSR count). The number of carbonyl (C=O) groups is 1. The van der Waals surface area contributed by atoms with Gasteiger partial charge in [-0.25, -0.2) is 13.1 Å². The molecule has 0 aromatic rings. The summed E-state index contributed by atoms with van der Waals surface area (Å²) in [5.41, 5.74) is 0. The molecule has 3 atom stereocenters. The fourth-order valence-corrected chi connectivity index (χ4v) is 4.02. The number of rotatable bonds is 5. The first kappa shape index (κ1) is 15.7. The molecule has 6 nitrogen and oxygen atoms in total. The van der Waals surface area contributed by atoms with E-state index in [1.54, 1.807) is 0 Å². The average molecular weight is 303 g/mol. The topological polar surface area (TPSA) is 87.3 Å². The van der Waals surface area contributed by atoms with Crippen LogP contribution in [0.3, 0.4) is 0 Å². The van der Waals surface area contributed by atoms with E-state index in [1.165, 1.54) is 6.26 Å². The van der Waals surface area contributed by atoms with Gasteiger partial charge in [-0.3, -0.25) is 4.79 Å². The van der Waals surface area contributed by atoms with Crippen molar-refractivity contribution in [3.8, 4) is 0 Å². The Morgan fingerprint density at radius 3 is 2.70 bits per heavy atom. The van der Waals surface area contributed by atoms with Crippen LogP contribution in [0.4, 0.5) is 0 Å². The Balaban J connectivity index is 1.78. The van der Waals surface area contributed by atoms with E-state index >= 15 is 0 Å². The number of nitrogens with one attached hydrogen (secondary N) is 3. The van der Waals surface area contributed by atoms with Crippen LogP contribution in [0.5, 0.6) is 0 Å². The SMILES string of the molecule is CS(=O)(=O)NC1CCCC1CNC(=O)C1CCCNC1. The van der Waals surface area contributed by atoms with E-state index in [-0.39, 0.29) is 23.8 Å². The van der Waals surface area contributed by atoms with Gasteiger partial charge in [-0.15, -0.1) is 0 Å². The second-order valence-electron chi connectivity index (χ2n) is 5.98. The molecular formula is C13H25N3O3S. The lowest BCUT2D eigenvalue weighted by atomic mass is 9.98. The molecule has 1 aliphatic heterocycles. The molecule has 3 N–H and O–H groups in total. The first-order valence-electron chi connectivity index (χ1n) is 7.41. The fraction of sp³-hybridized carbons (Fsp3) is 0.923. The Morgan fingerprint density at radius 1 is 1.25 bits per heavy atom. The minimum absolute atomic E-state index is 0.0326. The highest BCUT2D eigenvalue weighted by molar-refractivity contribution is 7.88. The van der Waals surface area contributed by atoms with Crippen LogP contribution in [-0.4, -0.2) is 46.3 Å². The lowest BCUT2D eigenvalue weighted by Gasteiger charge is -2.24. The van der Waals surface area contributed by atoms with Crippen LogP contribution in [0.2, 0.25) is 0 Å². The first-order chi connectivity index (χ1) is 9.46. The van der Waals surface area contributed by atoms with E-state index in [0.717, 1.165) is 45.2 Å². The standard InChI is InChI=1S/C13H25N3O3S/c1-20(18,19)16-12-6-2-4-10(12)9-15-13(17)11-5-3-7-14-8-11/h10-12,14,16H,2-9H2,1H3,(H,15,17). The Kier molecular flexibility index (Phi) is 5.40. The van der Waals surface area contributed by atoms with Gasteiger partial charge in [0.05, 0.1) is 12.2 Å². The molecule has 116 valence electrons. The summed E-state index contributed by atoms with van der Waals surface area (Å²) in [4.78, 5) is 12.1. The smallest absolute Gasteiger partial charge is 0.224 e. The van der Waals surface area contributed by atoms with Crippen molar-refractivity contribution >= 4 is 15.9 Å². The van der Waals surface area contributed by atoms with Crippen molar-refractivity contribution in [3.05, 3.63) is 0 Å². The molecule has 1 aliphatic carbocycles. The van der Waals surface area contributed by atoms with Gasteiger partial charge in [-0.05, 0) is 38.1 Å². The summed E-state index contributed by atoms with van der Waals surface area (Å²) < 4.78 is 25.3. The maximum atomic E-state index is 12.1. The van der Waals surface area contributed by atoms with Gasteiger partial charge in [0.25, 0.3) is 0 Å². The highest BCUT2D eigenvalue weighted by Gasteiger charge is 2.30. The van der Waals surface area contributed by atoms with Gasteiger partial charge in [0.1, 0.15) is 0 Å². The zero-order valence-electron chi connectivity index (χ0n) is 12.0. The molecule has 0 spiro atoms. The van der Waals surface area contributed by atoms with Crippen LogP contribution >= 0.6 is 0 Å². The summed E-state index contributed by atoms with van der Waals surface area (Å²) in [6, 6.07) is -0.0326. The largest absolute Gasteiger partial charge is 0.355 e. The summed E-state index contributed by atoms with van der Waals surface area (Å²) in [5, 5.41) is 6.23. The third-order valence-electron chi connectivity index (χ3n) is 4.23. The van der Waals surface area contributed by atoms with Crippen molar-refractivity contribution in [2.45, 2.75) is 38.1 Å². The highest BCUT2D eigenvalue weighted by atomic mass is 32.2. The van der Waals surface area contributed by atoms with Crippen molar-refractivity contribution in [1.82, 2.24) is 15.4 Å². The molecule has 1 saturated carbocycles. The monoisotopic (exact) mass is 303 g/mol. The van der Waals surface area contributed by atoms with Crippen LogP contribution in [0.15, 0.2) is 0 Å². The minimum Gasteiger partial charge on any atom is -0.355 e. The van der Waals surface area contributed by atoms with Gasteiger partial charge in [0.15, 0.2) is 0 Å². The Morgan fingerprint density at radius 2 is 2.05 bits per heavy atom. The molecule has 2 aliphatic rings. The maximum Gasteiger partial charge on any atom is 0.224 e. The summed E-state index contributed by atoms with van der Waals surface area (Å²) in [6.45, 7) is 2.32. The number of piperidine rings is 1. The van der Waals surface area contributed by atoms with Crippen molar-refractivity contribution in [2.24, 2.45) is 11.8 Å². The van der Waals surface area contributed by atoms with Crippen LogP contribution in [0, 0.1) is 11.8 Å². The molecule has 0 radical (unpaired) electrons. The van der Waals surface area contributed by atoms with E-state index < -0.39 is 10.0 Å². The van der Waals surface area contributed by atoms with Crippen LogP contribution < -0.4 is 15.4 Å². The van der Waals surface area contributed by atoms with Crippen LogP contribution in [0.1, 0.15) is 32.1 Å². The lowest BCUT2D eigenvalue weighted by Crippen LogP contribution is -2.45. The van der Waals surface area contributed by atoms with Gasteiger partial charge < -0.3 is 10.6 Å². The van der Waals surface area contributed by atoms with Gasteiger partial charge in [0, 0.05) is 19.1 Å². The van der Waals surface area contributed by atoms with Crippen molar-refractivity contribution in [2.75, 3.05) is 25.9 Å². The Labute approximate surface area is 121 Å². The molecule has 20 heavy (non-hydrogen) atoms. The molecule has 3 unspecified atom stereocenters. The normalized spacial score (nSPS) is 31.1. The maximum absolute atomic E-state index is 12.1. The molecule has 2 fully saturated rings. The molecule has 0 aromatic carbocycles. The van der Waals surface area contributed by atoms with Crippen LogP contribution in [0.25, 0.3) is 0 Å². The van der Waals surface area contributed by atoms with E-state index in [4.69, 9.17) is 0 Å². The number of carbonyl (C=O) groups excluding carboxylic acids is 1. The van der Waals surface area contributed by atoms with Crippen molar-refractivity contribution < 1.29 is 13.2 Å². The molecular weight excluding hydrogens is 278 g/mol. The third kappa shape index (κ3) is 4.71. The number of sulfonamides is 1.